The Morgan fingerprint density at radius 3 is 1.42 bits per heavy atom. The first-order chi connectivity index (χ1) is 12.7. The fraction of sp³-hybridized carbons (Fsp3) is 0.300. The predicted octanol–water partition coefficient (Wildman–Crippen LogP) is 2.64. The lowest BCUT2D eigenvalue weighted by Crippen LogP contribution is -2.07. The van der Waals surface area contributed by atoms with E-state index in [1.807, 2.05) is 50.2 Å². The Kier molecular flexibility index (Phi) is 6.09. The van der Waals surface area contributed by atoms with Crippen LogP contribution in [0.5, 0.6) is 0 Å². The molecular formula is C20H22N6. The van der Waals surface area contributed by atoms with Crippen LogP contribution in [0.2, 0.25) is 0 Å². The van der Waals surface area contributed by atoms with Gasteiger partial charge in [0.2, 0.25) is 0 Å². The minimum atomic E-state index is 0.0639. The molecule has 132 valence electrons. The standard InChI is InChI=1S/C20H22N6/c1-15-9-21-11-17-5-3-6-18(25-17)12-22-10-16(2)24-14-20-8-4-7-19(26-20)13-23-15/h3-8,11-16H,9-10H2,1-2H3/t15-,16-/m1/s1. The molecule has 0 saturated carbocycles. The van der Waals surface area contributed by atoms with E-state index in [-0.39, 0.29) is 12.1 Å². The van der Waals surface area contributed by atoms with Gasteiger partial charge < -0.3 is 0 Å². The lowest BCUT2D eigenvalue weighted by atomic mass is 10.3. The molecule has 26 heavy (non-hydrogen) atoms. The van der Waals surface area contributed by atoms with Gasteiger partial charge in [0, 0.05) is 24.9 Å². The normalized spacial score (nSPS) is 20.5. The summed E-state index contributed by atoms with van der Waals surface area (Å²) in [4.78, 5) is 27.0. The summed E-state index contributed by atoms with van der Waals surface area (Å²) in [5.41, 5.74) is 3.25. The van der Waals surface area contributed by atoms with Gasteiger partial charge >= 0.3 is 0 Å². The molecule has 1 aliphatic heterocycles. The van der Waals surface area contributed by atoms with Gasteiger partial charge in [-0.15, -0.1) is 0 Å². The topological polar surface area (TPSA) is 75.2 Å². The molecule has 0 N–H and O–H groups in total. The van der Waals surface area contributed by atoms with Crippen LogP contribution >= 0.6 is 0 Å². The van der Waals surface area contributed by atoms with Crippen LogP contribution in [-0.2, 0) is 0 Å². The number of aromatic nitrogens is 2. The molecular weight excluding hydrogens is 324 g/mol. The zero-order chi connectivity index (χ0) is 18.2. The van der Waals surface area contributed by atoms with E-state index >= 15 is 0 Å². The van der Waals surface area contributed by atoms with Crippen molar-refractivity contribution in [1.29, 1.82) is 0 Å². The fourth-order valence-electron chi connectivity index (χ4n) is 2.32. The summed E-state index contributed by atoms with van der Waals surface area (Å²) >= 11 is 0. The van der Waals surface area contributed by atoms with Crippen molar-refractivity contribution in [2.24, 2.45) is 20.0 Å². The minimum Gasteiger partial charge on any atom is -0.289 e. The van der Waals surface area contributed by atoms with E-state index in [0.29, 0.717) is 13.1 Å². The maximum atomic E-state index is 4.54. The summed E-state index contributed by atoms with van der Waals surface area (Å²) in [6.07, 6.45) is 7.12. The highest BCUT2D eigenvalue weighted by atomic mass is 14.9. The van der Waals surface area contributed by atoms with Crippen LogP contribution in [-0.4, -0.2) is 60.0 Å². The van der Waals surface area contributed by atoms with Gasteiger partial charge in [0.25, 0.3) is 0 Å². The van der Waals surface area contributed by atoms with E-state index in [4.69, 9.17) is 0 Å². The summed E-state index contributed by atoms with van der Waals surface area (Å²) in [6, 6.07) is 11.7. The summed E-state index contributed by atoms with van der Waals surface area (Å²) < 4.78 is 0. The third kappa shape index (κ3) is 5.51. The molecule has 0 fully saturated rings. The number of hydrogen-bond donors (Lipinski definition) is 0. The smallest absolute Gasteiger partial charge is 0.0815 e. The molecule has 0 radical (unpaired) electrons. The first-order valence-electron chi connectivity index (χ1n) is 8.69. The summed E-state index contributed by atoms with van der Waals surface area (Å²) in [5, 5.41) is 0. The Morgan fingerprint density at radius 1 is 0.615 bits per heavy atom. The van der Waals surface area contributed by atoms with E-state index < -0.39 is 0 Å². The molecule has 2 aromatic rings. The maximum Gasteiger partial charge on any atom is 0.0815 e. The highest BCUT2D eigenvalue weighted by Crippen LogP contribution is 2.01. The van der Waals surface area contributed by atoms with Gasteiger partial charge in [-0.1, -0.05) is 12.1 Å². The zero-order valence-electron chi connectivity index (χ0n) is 15.0. The van der Waals surface area contributed by atoms with Crippen molar-refractivity contribution in [2.75, 3.05) is 13.1 Å². The van der Waals surface area contributed by atoms with Crippen LogP contribution in [0.4, 0.5) is 0 Å². The van der Waals surface area contributed by atoms with Crippen LogP contribution < -0.4 is 0 Å². The van der Waals surface area contributed by atoms with Crippen molar-refractivity contribution >= 4 is 24.9 Å². The van der Waals surface area contributed by atoms with Gasteiger partial charge in [0.05, 0.1) is 47.9 Å². The molecule has 6 nitrogen and oxygen atoms in total. The lowest BCUT2D eigenvalue weighted by molar-refractivity contribution is 0.760. The molecule has 0 aliphatic carbocycles. The van der Waals surface area contributed by atoms with Crippen molar-refractivity contribution in [2.45, 2.75) is 25.9 Å². The van der Waals surface area contributed by atoms with E-state index in [1.54, 1.807) is 24.9 Å². The largest absolute Gasteiger partial charge is 0.289 e. The number of nitrogens with zero attached hydrogens (tertiary/aromatic N) is 6. The third-order valence-corrected chi connectivity index (χ3v) is 3.69. The molecule has 6 heteroatoms. The molecule has 2 aromatic heterocycles. The van der Waals surface area contributed by atoms with E-state index in [2.05, 4.69) is 29.9 Å². The summed E-state index contributed by atoms with van der Waals surface area (Å²) in [5.74, 6) is 0. The molecule has 0 amide bonds. The summed E-state index contributed by atoms with van der Waals surface area (Å²) in [7, 11) is 0. The van der Waals surface area contributed by atoms with E-state index in [0.717, 1.165) is 22.8 Å². The van der Waals surface area contributed by atoms with E-state index in [9.17, 15) is 0 Å². The average Bonchev–Trinajstić information content (AvgIpc) is 2.65. The fourth-order valence-corrected chi connectivity index (χ4v) is 2.32. The molecule has 3 heterocycles. The first-order valence-corrected chi connectivity index (χ1v) is 8.69. The lowest BCUT2D eigenvalue weighted by Gasteiger charge is -2.04. The van der Waals surface area contributed by atoms with Crippen LogP contribution in [0.1, 0.15) is 36.6 Å². The molecule has 0 saturated heterocycles. The van der Waals surface area contributed by atoms with Crippen molar-refractivity contribution < 1.29 is 0 Å². The molecule has 1 aliphatic rings. The van der Waals surface area contributed by atoms with Crippen LogP contribution in [0, 0.1) is 0 Å². The number of hydrogen-bond acceptors (Lipinski definition) is 6. The second kappa shape index (κ2) is 8.89. The highest BCUT2D eigenvalue weighted by Gasteiger charge is 2.00. The van der Waals surface area contributed by atoms with Crippen molar-refractivity contribution in [3.63, 3.8) is 0 Å². The average molecular weight is 346 g/mol. The molecule has 0 unspecified atom stereocenters. The zero-order valence-corrected chi connectivity index (χ0v) is 15.0. The molecule has 0 aromatic carbocycles. The number of rotatable bonds is 0. The second-order valence-corrected chi connectivity index (χ2v) is 6.22. The van der Waals surface area contributed by atoms with Gasteiger partial charge in [0.15, 0.2) is 0 Å². The predicted molar refractivity (Wildman–Crippen MR) is 108 cm³/mol. The van der Waals surface area contributed by atoms with Gasteiger partial charge in [-0.3, -0.25) is 20.0 Å². The monoisotopic (exact) mass is 346 g/mol. The maximum absolute atomic E-state index is 4.54. The van der Waals surface area contributed by atoms with Gasteiger partial charge in [-0.2, -0.15) is 0 Å². The summed E-state index contributed by atoms with van der Waals surface area (Å²) in [6.45, 7) is 5.23. The van der Waals surface area contributed by atoms with Crippen LogP contribution in [0.15, 0.2) is 56.4 Å². The Morgan fingerprint density at radius 2 is 1.00 bits per heavy atom. The Bertz CT molecular complexity index is 790. The Labute approximate surface area is 153 Å². The van der Waals surface area contributed by atoms with Crippen molar-refractivity contribution in [3.8, 4) is 0 Å². The number of fused-ring (bicyclic) bond motifs is 4. The van der Waals surface area contributed by atoms with Gasteiger partial charge in [-0.25, -0.2) is 9.97 Å². The third-order valence-electron chi connectivity index (χ3n) is 3.69. The molecule has 0 spiro atoms. The Hall–Kier alpha value is -3.02. The minimum absolute atomic E-state index is 0.0639. The van der Waals surface area contributed by atoms with Crippen molar-refractivity contribution in [3.05, 3.63) is 59.2 Å². The number of pyridine rings is 2. The highest BCUT2D eigenvalue weighted by molar-refractivity contribution is 5.83. The number of aliphatic imine (C=N–C) groups is 4. The molecule has 4 bridgehead atoms. The van der Waals surface area contributed by atoms with Crippen LogP contribution in [0.3, 0.4) is 0 Å². The molecule has 2 atom stereocenters. The quantitative estimate of drug-likeness (QED) is 0.735. The van der Waals surface area contributed by atoms with Gasteiger partial charge in [-0.05, 0) is 38.1 Å². The first kappa shape index (κ1) is 17.8. The van der Waals surface area contributed by atoms with Crippen molar-refractivity contribution in [1.82, 2.24) is 9.97 Å². The SMILES string of the molecule is C[C@@H]1CN=Cc2cccc(n2)C=NC[C@@H](C)N=Cc2cccc(n2)C=N1. The second-order valence-electron chi connectivity index (χ2n) is 6.22. The Balaban J connectivity index is 1.87. The van der Waals surface area contributed by atoms with Gasteiger partial charge in [0.1, 0.15) is 0 Å². The van der Waals surface area contributed by atoms with Crippen LogP contribution in [0.25, 0.3) is 0 Å². The molecule has 3 rings (SSSR count). The van der Waals surface area contributed by atoms with E-state index in [1.165, 1.54) is 0 Å².